The average molecular weight is 755 g/mol. The molecule has 8 rings (SSSR count). The van der Waals surface area contributed by atoms with Gasteiger partial charge in [0.15, 0.2) is 5.82 Å². The number of carboxylic acid groups (broad SMARTS) is 1. The second kappa shape index (κ2) is 15.4. The highest BCUT2D eigenvalue weighted by Gasteiger charge is 2.37. The topological polar surface area (TPSA) is 103 Å². The molecule has 0 radical (unpaired) electrons. The Morgan fingerprint density at radius 1 is 0.964 bits per heavy atom. The Hall–Kier alpha value is -4.78. The van der Waals surface area contributed by atoms with Crippen molar-refractivity contribution in [3.8, 4) is 11.1 Å². The molecule has 292 valence electrons. The largest absolute Gasteiger partial charge is 0.478 e. The van der Waals surface area contributed by atoms with Gasteiger partial charge in [0, 0.05) is 97.7 Å². The Morgan fingerprint density at radius 2 is 1.69 bits per heavy atom. The molecule has 2 fully saturated rings. The van der Waals surface area contributed by atoms with E-state index in [-0.39, 0.29) is 11.6 Å². The molecule has 1 saturated carbocycles. The van der Waals surface area contributed by atoms with Gasteiger partial charge in [-0.05, 0) is 113 Å². The van der Waals surface area contributed by atoms with Crippen LogP contribution in [0.5, 0.6) is 0 Å². The minimum Gasteiger partial charge on any atom is -0.478 e. The fraction of sp³-hybridized carbons (Fsp3) is 0.524. The minimum atomic E-state index is -2.65. The molecule has 55 heavy (non-hydrogen) atoms. The van der Waals surface area contributed by atoms with Gasteiger partial charge in [0.25, 0.3) is 6.43 Å². The predicted molar refractivity (Wildman–Crippen MR) is 208 cm³/mol. The van der Waals surface area contributed by atoms with Gasteiger partial charge in [0.05, 0.1) is 24.3 Å². The van der Waals surface area contributed by atoms with Crippen LogP contribution in [0.3, 0.4) is 0 Å². The maximum absolute atomic E-state index is 14.7. The Bertz CT molecular complexity index is 2010. The van der Waals surface area contributed by atoms with Crippen molar-refractivity contribution in [3.63, 3.8) is 0 Å². The standard InChI is InChI=1S/C42H52F2N8O3/c1-27(2)51(33-14-19-49(20-15-33)31-8-6-28(7-9-31)42(54)55)32-10-12-34(13-11-32)52-38-16-18-48(26-53)25-37(38)41(46-52)50-17-4-5-29-21-35(30-23-45-47(3)24-30)36(40(43)44)22-39(29)50/h6-9,21-24,26-27,32-34,40H,4-5,10-20,25H2,1-3H3,(H,54,55). The van der Waals surface area contributed by atoms with E-state index >= 15 is 0 Å². The number of fused-ring (bicyclic) bond motifs is 2. The second-order valence-corrected chi connectivity index (χ2v) is 16.1. The molecular weight excluding hydrogens is 703 g/mol. The number of rotatable bonds is 10. The van der Waals surface area contributed by atoms with E-state index in [4.69, 9.17) is 5.10 Å². The van der Waals surface area contributed by atoms with Crippen LogP contribution >= 0.6 is 0 Å². The summed E-state index contributed by atoms with van der Waals surface area (Å²) in [6, 6.07) is 12.4. The summed E-state index contributed by atoms with van der Waals surface area (Å²) in [6.07, 6.45) is 10.4. The molecule has 0 atom stereocenters. The van der Waals surface area contributed by atoms with Gasteiger partial charge in [-0.15, -0.1) is 0 Å². The Morgan fingerprint density at radius 3 is 2.33 bits per heavy atom. The smallest absolute Gasteiger partial charge is 0.335 e. The zero-order valence-electron chi connectivity index (χ0n) is 32.1. The normalized spacial score (nSPS) is 20.7. The van der Waals surface area contributed by atoms with Crippen molar-refractivity contribution < 1.29 is 23.5 Å². The highest BCUT2D eigenvalue weighted by atomic mass is 19.3. The predicted octanol–water partition coefficient (Wildman–Crippen LogP) is 7.38. The molecule has 0 unspecified atom stereocenters. The summed E-state index contributed by atoms with van der Waals surface area (Å²) in [4.78, 5) is 32.4. The SMILES string of the molecule is CC(C)N(C1CCC(n2nc(N3CCCc4cc(-c5cnn(C)c5)c(C(F)F)cc43)c3c2CCN(C=O)C3)CC1)C1CCN(c2ccc(C(=O)O)cc2)CC1. The third kappa shape index (κ3) is 7.23. The number of amides is 1. The summed E-state index contributed by atoms with van der Waals surface area (Å²) in [6.45, 7) is 8.30. The van der Waals surface area contributed by atoms with E-state index in [1.807, 2.05) is 18.2 Å². The van der Waals surface area contributed by atoms with Gasteiger partial charge in [-0.2, -0.15) is 10.2 Å². The monoisotopic (exact) mass is 754 g/mol. The van der Waals surface area contributed by atoms with Crippen LogP contribution in [-0.2, 0) is 31.2 Å². The molecule has 4 aliphatic rings. The number of carboxylic acids is 1. The first-order valence-corrected chi connectivity index (χ1v) is 20.0. The summed E-state index contributed by atoms with van der Waals surface area (Å²) in [5, 5.41) is 18.9. The molecule has 0 bridgehead atoms. The highest BCUT2D eigenvalue weighted by molar-refractivity contribution is 5.88. The van der Waals surface area contributed by atoms with Crippen molar-refractivity contribution >= 4 is 29.6 Å². The summed E-state index contributed by atoms with van der Waals surface area (Å²) in [7, 11) is 1.79. The quantitative estimate of drug-likeness (QED) is 0.168. The fourth-order valence-corrected chi connectivity index (χ4v) is 9.90. The number of benzene rings is 2. The number of alkyl halides is 2. The molecule has 4 aromatic rings. The number of carbonyl (C=O) groups is 2. The second-order valence-electron chi connectivity index (χ2n) is 16.1. The van der Waals surface area contributed by atoms with Gasteiger partial charge in [-0.1, -0.05) is 0 Å². The number of hydrogen-bond donors (Lipinski definition) is 1. The molecular formula is C42H52F2N8O3. The molecule has 1 N–H and O–H groups in total. The van der Waals surface area contributed by atoms with Crippen LogP contribution in [0.25, 0.3) is 11.1 Å². The molecule has 2 aromatic heterocycles. The minimum absolute atomic E-state index is 0.00503. The number of aryl methyl sites for hydroxylation is 2. The van der Waals surface area contributed by atoms with Crippen LogP contribution in [0.1, 0.15) is 104 Å². The lowest BCUT2D eigenvalue weighted by Gasteiger charge is -2.47. The fourth-order valence-electron chi connectivity index (χ4n) is 9.90. The first-order valence-electron chi connectivity index (χ1n) is 20.0. The van der Waals surface area contributed by atoms with Gasteiger partial charge < -0.3 is 19.8 Å². The molecule has 1 amide bonds. The molecule has 0 spiro atoms. The summed E-state index contributed by atoms with van der Waals surface area (Å²) >= 11 is 0. The zero-order valence-corrected chi connectivity index (χ0v) is 32.1. The van der Waals surface area contributed by atoms with Crippen molar-refractivity contribution in [3.05, 3.63) is 76.7 Å². The lowest BCUT2D eigenvalue weighted by Crippen LogP contribution is -2.53. The van der Waals surface area contributed by atoms with Crippen molar-refractivity contribution in [1.29, 1.82) is 0 Å². The van der Waals surface area contributed by atoms with E-state index in [1.54, 1.807) is 47.2 Å². The third-order valence-corrected chi connectivity index (χ3v) is 12.5. The Kier molecular flexibility index (Phi) is 10.4. The molecule has 1 aliphatic carbocycles. The van der Waals surface area contributed by atoms with Gasteiger partial charge >= 0.3 is 5.97 Å². The van der Waals surface area contributed by atoms with Gasteiger partial charge in [-0.25, -0.2) is 13.6 Å². The van der Waals surface area contributed by atoms with Crippen molar-refractivity contribution in [1.82, 2.24) is 29.4 Å². The summed E-state index contributed by atoms with van der Waals surface area (Å²) < 4.78 is 33.3. The van der Waals surface area contributed by atoms with Crippen LogP contribution in [0.4, 0.5) is 26.0 Å². The lowest BCUT2D eigenvalue weighted by molar-refractivity contribution is -0.118. The van der Waals surface area contributed by atoms with E-state index in [1.165, 1.54) is 5.69 Å². The van der Waals surface area contributed by atoms with Crippen LogP contribution < -0.4 is 9.80 Å². The number of piperidine rings is 1. The zero-order chi connectivity index (χ0) is 38.4. The molecule has 3 aliphatic heterocycles. The third-order valence-electron chi connectivity index (χ3n) is 12.5. The first kappa shape index (κ1) is 37.2. The number of aromatic nitrogens is 4. The summed E-state index contributed by atoms with van der Waals surface area (Å²) in [5.74, 6) is -0.105. The Labute approximate surface area is 321 Å². The maximum Gasteiger partial charge on any atom is 0.335 e. The van der Waals surface area contributed by atoms with Crippen LogP contribution in [-0.4, -0.2) is 91.2 Å². The molecule has 5 heterocycles. The molecule has 1 saturated heterocycles. The Balaban J connectivity index is 1.01. The average Bonchev–Trinajstić information content (AvgIpc) is 3.81. The molecule has 13 heteroatoms. The van der Waals surface area contributed by atoms with E-state index in [2.05, 4.69) is 38.3 Å². The molecule has 2 aromatic carbocycles. The number of aromatic carboxylic acids is 1. The number of nitrogens with zero attached hydrogens (tertiary/aromatic N) is 8. The lowest BCUT2D eigenvalue weighted by atomic mass is 9.87. The summed E-state index contributed by atoms with van der Waals surface area (Å²) in [5.41, 5.74) is 6.61. The van der Waals surface area contributed by atoms with E-state index in [0.717, 1.165) is 106 Å². The highest BCUT2D eigenvalue weighted by Crippen LogP contribution is 2.44. The van der Waals surface area contributed by atoms with E-state index < -0.39 is 12.4 Å². The van der Waals surface area contributed by atoms with Crippen molar-refractivity contribution in [2.24, 2.45) is 7.05 Å². The van der Waals surface area contributed by atoms with Gasteiger partial charge in [-0.3, -0.25) is 19.1 Å². The first-order chi connectivity index (χ1) is 26.6. The van der Waals surface area contributed by atoms with Crippen molar-refractivity contribution in [2.45, 2.75) is 109 Å². The van der Waals surface area contributed by atoms with Crippen LogP contribution in [0.15, 0.2) is 48.8 Å². The van der Waals surface area contributed by atoms with Crippen LogP contribution in [0.2, 0.25) is 0 Å². The van der Waals surface area contributed by atoms with E-state index in [9.17, 15) is 23.5 Å². The van der Waals surface area contributed by atoms with Gasteiger partial charge in [0.1, 0.15) is 0 Å². The molecule has 11 nitrogen and oxygen atoms in total. The van der Waals surface area contributed by atoms with Crippen molar-refractivity contribution in [2.75, 3.05) is 36.0 Å². The number of halogens is 2. The van der Waals surface area contributed by atoms with E-state index in [0.29, 0.717) is 54.5 Å². The number of carbonyl (C=O) groups excluding carboxylic acids is 1. The van der Waals surface area contributed by atoms with Gasteiger partial charge in [0.2, 0.25) is 6.41 Å². The maximum atomic E-state index is 14.7. The number of anilines is 3. The number of hydrogen-bond acceptors (Lipinski definition) is 7. The van der Waals surface area contributed by atoms with Crippen LogP contribution in [0, 0.1) is 0 Å².